The van der Waals surface area contributed by atoms with E-state index in [1.807, 2.05) is 48.6 Å². The standard InChI is InChI=1S/C65H79N15O30/c1-26(69-54(98)34(7-6-14-68-64(66)67)70-53(97)27-8-11-31-30(15-27)63(108)110-65(31)32-12-9-28(79(2)3)16-43(32)109-44-17-29(80(4)5)10-13-33(44)65)52(96)71-35(18-45(82)83)55(99)75-40(23-50(92)93)60(104)78-42(25-81)61(105)76-38(21-48(88)89)58(102)73-36(19-46(84)85)56(100)72-37(20-47(86)87)57(101)74-39(22-49(90)91)59(103)77-41(62(106)107)24-51(94)95/h8-13,15-17,26,34-42,81H,6-7,14,18-25H2,1-5H3,(H,69,98)(H,70,97)(H,71,96)(H,72,100)(H,73,102)(H,74,101)(H,75,99)(H,76,105)(H,77,103)(H,78,104)(H,82,83)(H,84,85)(H,86,87)(H,88,89)(H,90,91)(H,92,93)(H,94,95)(H,106,107)(H4,66,67,68)/t26-,34-,35-,36-,37-,38-,39-,40-,41-,42-/m0/s1. The number of nitrogens with zero attached hydrogens (tertiary/aromatic N) is 2. The van der Waals surface area contributed by atoms with E-state index in [1.165, 1.54) is 18.2 Å². The van der Waals surface area contributed by atoms with Crippen molar-refractivity contribution < 1.29 is 147 Å². The molecule has 45 heteroatoms. The van der Waals surface area contributed by atoms with Crippen molar-refractivity contribution in [2.75, 3.05) is 51.1 Å². The average molecular weight is 1550 g/mol. The third-order valence-corrected chi connectivity index (χ3v) is 16.3. The van der Waals surface area contributed by atoms with Crippen molar-refractivity contribution in [2.24, 2.45) is 5.73 Å². The molecule has 3 aromatic rings. The number of nitrogens with one attached hydrogen (secondary N) is 12. The molecule has 0 bridgehead atoms. The number of carboxylic acid groups (broad SMARTS) is 8. The highest BCUT2D eigenvalue weighted by Gasteiger charge is 2.54. The molecular formula is C65H79N15O30. The zero-order valence-corrected chi connectivity index (χ0v) is 58.8. The quantitative estimate of drug-likeness (QED) is 0.0109. The first-order valence-electron chi connectivity index (χ1n) is 32.6. The minimum Gasteiger partial charge on any atom is -0.481 e. The van der Waals surface area contributed by atoms with Crippen LogP contribution in [0.2, 0.25) is 0 Å². The van der Waals surface area contributed by atoms with Crippen LogP contribution >= 0.6 is 0 Å². The molecule has 5 rings (SSSR count). The minimum absolute atomic E-state index is 0.0211. The van der Waals surface area contributed by atoms with Gasteiger partial charge in [0.1, 0.15) is 71.9 Å². The summed E-state index contributed by atoms with van der Waals surface area (Å²) in [5.41, 5.74) is 6.47. The molecule has 2 aliphatic heterocycles. The number of ether oxygens (including phenoxy) is 2. The first-order valence-corrected chi connectivity index (χ1v) is 32.6. The number of anilines is 2. The number of amides is 10. The van der Waals surface area contributed by atoms with Crippen LogP contribution in [-0.2, 0) is 91.8 Å². The minimum atomic E-state index is -2.49. The number of carbonyl (C=O) groups excluding carboxylic acids is 11. The number of esters is 1. The van der Waals surface area contributed by atoms with Crippen LogP contribution in [0.1, 0.15) is 102 Å². The third-order valence-electron chi connectivity index (χ3n) is 16.3. The van der Waals surface area contributed by atoms with Crippen molar-refractivity contribution in [3.05, 3.63) is 82.4 Å². The Labute approximate surface area is 620 Å². The van der Waals surface area contributed by atoms with E-state index in [0.29, 0.717) is 28.2 Å². The predicted molar refractivity (Wildman–Crippen MR) is 367 cm³/mol. The molecule has 10 amide bonds. The van der Waals surface area contributed by atoms with Crippen molar-refractivity contribution in [1.29, 1.82) is 5.41 Å². The highest BCUT2D eigenvalue weighted by atomic mass is 16.6. The van der Waals surface area contributed by atoms with E-state index >= 15 is 0 Å². The van der Waals surface area contributed by atoms with Crippen LogP contribution in [0.4, 0.5) is 11.4 Å². The molecule has 0 fully saturated rings. The number of hydrogen-bond donors (Lipinski definition) is 22. The Bertz CT molecular complexity index is 4130. The van der Waals surface area contributed by atoms with E-state index in [0.717, 1.165) is 18.3 Å². The second-order valence-electron chi connectivity index (χ2n) is 25.0. The number of aliphatic hydroxyl groups is 1. The number of fused-ring (bicyclic) bond motifs is 6. The van der Waals surface area contributed by atoms with Crippen LogP contribution < -0.4 is 78.8 Å². The summed E-state index contributed by atoms with van der Waals surface area (Å²) >= 11 is 0. The lowest BCUT2D eigenvalue weighted by Gasteiger charge is -2.37. The van der Waals surface area contributed by atoms with E-state index in [1.54, 1.807) is 68.3 Å². The highest BCUT2D eigenvalue weighted by molar-refractivity contribution is 6.05. The van der Waals surface area contributed by atoms with Crippen molar-refractivity contribution in [2.45, 2.75) is 131 Å². The molecule has 0 saturated heterocycles. The maximum atomic E-state index is 14.2. The zero-order valence-electron chi connectivity index (χ0n) is 58.8. The van der Waals surface area contributed by atoms with Crippen molar-refractivity contribution in [3.63, 3.8) is 0 Å². The Balaban J connectivity index is 1.31. The van der Waals surface area contributed by atoms with Gasteiger partial charge in [0.05, 0.1) is 57.1 Å². The molecule has 2 aliphatic rings. The van der Waals surface area contributed by atoms with Gasteiger partial charge in [0.2, 0.25) is 53.2 Å². The largest absolute Gasteiger partial charge is 0.481 e. The molecule has 1 spiro atoms. The summed E-state index contributed by atoms with van der Waals surface area (Å²) in [5.74, 6) is -31.0. The fraction of sp³-hybridized carbons (Fsp3) is 0.415. The summed E-state index contributed by atoms with van der Waals surface area (Å²) in [4.78, 5) is 249. The summed E-state index contributed by atoms with van der Waals surface area (Å²) < 4.78 is 12.8. The molecule has 23 N–H and O–H groups in total. The second kappa shape index (κ2) is 38.5. The molecule has 3 aromatic carbocycles. The molecule has 0 aromatic heterocycles. The second-order valence-corrected chi connectivity index (χ2v) is 25.0. The maximum absolute atomic E-state index is 14.2. The average Bonchev–Trinajstić information content (AvgIpc) is 1.51. The van der Waals surface area contributed by atoms with Crippen LogP contribution in [0.15, 0.2) is 54.6 Å². The van der Waals surface area contributed by atoms with Crippen molar-refractivity contribution in [3.8, 4) is 11.5 Å². The van der Waals surface area contributed by atoms with Gasteiger partial charge in [-0.1, -0.05) is 6.07 Å². The Morgan fingerprint density at radius 1 is 0.436 bits per heavy atom. The van der Waals surface area contributed by atoms with Crippen LogP contribution in [0, 0.1) is 5.41 Å². The number of carbonyl (C=O) groups is 19. The fourth-order valence-corrected chi connectivity index (χ4v) is 10.9. The van der Waals surface area contributed by atoms with Gasteiger partial charge in [0.15, 0.2) is 11.6 Å². The van der Waals surface area contributed by atoms with Gasteiger partial charge in [0, 0.05) is 80.5 Å². The fourth-order valence-electron chi connectivity index (χ4n) is 10.9. The Kier molecular flexibility index (Phi) is 30.4. The number of nitrogens with two attached hydrogens (primary N) is 1. The summed E-state index contributed by atoms with van der Waals surface area (Å²) in [6.45, 7) is -0.501. The van der Waals surface area contributed by atoms with Crippen LogP contribution in [0.5, 0.6) is 11.5 Å². The normalized spacial score (nSPS) is 14.7. The van der Waals surface area contributed by atoms with Gasteiger partial charge in [0.25, 0.3) is 5.91 Å². The highest BCUT2D eigenvalue weighted by Crippen LogP contribution is 2.57. The number of aliphatic carboxylic acids is 8. The summed E-state index contributed by atoms with van der Waals surface area (Å²) in [5, 5.41) is 116. The first-order chi connectivity index (χ1) is 51.5. The van der Waals surface area contributed by atoms with Gasteiger partial charge in [-0.25, -0.2) is 9.59 Å². The molecular weight excluding hydrogens is 1470 g/mol. The zero-order chi connectivity index (χ0) is 82.5. The Morgan fingerprint density at radius 2 is 0.764 bits per heavy atom. The van der Waals surface area contributed by atoms with E-state index in [-0.39, 0.29) is 30.5 Å². The molecule has 0 aliphatic carbocycles. The van der Waals surface area contributed by atoms with E-state index in [9.17, 15) is 132 Å². The topological polar surface area (TPSA) is 714 Å². The van der Waals surface area contributed by atoms with Gasteiger partial charge in [-0.15, -0.1) is 0 Å². The predicted octanol–water partition coefficient (Wildman–Crippen LogP) is -6.47. The number of guanidine groups is 1. The van der Waals surface area contributed by atoms with Crippen LogP contribution in [0.3, 0.4) is 0 Å². The monoisotopic (exact) mass is 1550 g/mol. The Hall–Kier alpha value is -13.8. The van der Waals surface area contributed by atoms with Crippen molar-refractivity contribution in [1.82, 2.24) is 58.5 Å². The lowest BCUT2D eigenvalue weighted by Crippen LogP contribution is -2.61. The number of hydrogen-bond acceptors (Lipinski definition) is 25. The van der Waals surface area contributed by atoms with E-state index < -0.39 is 236 Å². The van der Waals surface area contributed by atoms with E-state index in [2.05, 4.69) is 16.0 Å². The number of aliphatic hydroxyl groups excluding tert-OH is 1. The Morgan fingerprint density at radius 3 is 1.11 bits per heavy atom. The molecule has 594 valence electrons. The van der Waals surface area contributed by atoms with Crippen molar-refractivity contribution >= 4 is 130 Å². The third kappa shape index (κ3) is 23.9. The molecule has 45 nitrogen and oxygen atoms in total. The molecule has 0 radical (unpaired) electrons. The SMILES string of the molecule is C[C@H](NC(=O)[C@H](CCCNC(=N)N)NC(=O)c1ccc2c(c1)C(=O)OC21c2ccc(N(C)C)cc2Oc2cc(N(C)C)ccc21)C(=O)N[C@@H](CC(=O)O)C(=O)N[C@@H](CC(=O)O)C(=O)N[C@@H](CO)C(=O)N[C@@H](CC(=O)O)C(=O)N[C@@H](CC(=O)O)C(=O)N[C@@H](CC(=O)O)C(=O)N[C@@H](CC(=O)O)C(=O)N[C@@H](CC(=O)O)C(=O)O. The summed E-state index contributed by atoms with van der Waals surface area (Å²) in [6.07, 6.45) is -10.1. The summed E-state index contributed by atoms with van der Waals surface area (Å²) in [6, 6.07) is -7.45. The lowest BCUT2D eigenvalue weighted by atomic mass is 9.77. The van der Waals surface area contributed by atoms with Gasteiger partial charge in [-0.3, -0.25) is 86.9 Å². The van der Waals surface area contributed by atoms with Gasteiger partial charge < -0.3 is 129 Å². The molecule has 110 heavy (non-hydrogen) atoms. The number of carboxylic acids is 8. The smallest absolute Gasteiger partial charge is 0.340 e. The van der Waals surface area contributed by atoms with Crippen LogP contribution in [-0.4, -0.2) is 266 Å². The molecule has 2 heterocycles. The summed E-state index contributed by atoms with van der Waals surface area (Å²) in [7, 11) is 7.30. The van der Waals surface area contributed by atoms with Gasteiger partial charge in [-0.2, -0.15) is 0 Å². The van der Waals surface area contributed by atoms with Gasteiger partial charge in [-0.05, 0) is 56.2 Å². The molecule has 0 unspecified atom stereocenters. The molecule has 0 saturated carbocycles. The van der Waals surface area contributed by atoms with Gasteiger partial charge >= 0.3 is 53.7 Å². The van der Waals surface area contributed by atoms with Crippen LogP contribution in [0.25, 0.3) is 0 Å². The maximum Gasteiger partial charge on any atom is 0.340 e. The first kappa shape index (κ1) is 86.9. The van der Waals surface area contributed by atoms with E-state index in [4.69, 9.17) is 25.7 Å². The number of rotatable bonds is 42. The lowest BCUT2D eigenvalue weighted by molar-refractivity contribution is -0.148. The molecule has 10 atom stereocenters. The number of benzene rings is 3.